The number of rotatable bonds is 4. The summed E-state index contributed by atoms with van der Waals surface area (Å²) in [6.07, 6.45) is 0. The Balaban J connectivity index is 2.34. The molecule has 1 aliphatic rings. The van der Waals surface area contributed by atoms with E-state index in [1.54, 1.807) is 30.0 Å². The Bertz CT molecular complexity index is 678. The Labute approximate surface area is 124 Å². The summed E-state index contributed by atoms with van der Waals surface area (Å²) in [5, 5.41) is 0. The van der Waals surface area contributed by atoms with Gasteiger partial charge in [-0.3, -0.25) is 14.5 Å². The van der Waals surface area contributed by atoms with Crippen molar-refractivity contribution in [3.8, 4) is 0 Å². The highest BCUT2D eigenvalue weighted by Crippen LogP contribution is 2.22. The number of aliphatic imine (C=N–C) groups is 1. The smallest absolute Gasteiger partial charge is 0.263 e. The summed E-state index contributed by atoms with van der Waals surface area (Å²) < 4.78 is 26.4. The number of carbonyl (C=O) groups is 1. The van der Waals surface area contributed by atoms with Crippen LogP contribution in [0.3, 0.4) is 0 Å². The van der Waals surface area contributed by atoms with E-state index >= 15 is 0 Å². The number of nitrogens with zero attached hydrogens (tertiary/aromatic N) is 2. The van der Waals surface area contributed by atoms with Gasteiger partial charge in [-0.15, -0.1) is 0 Å². The highest BCUT2D eigenvalue weighted by Gasteiger charge is 2.31. The maximum atomic E-state index is 12.2. The standard InChI is InChI=1S/C14H19N3O3S/c1-4-17(5-2)14(18)10(3)15-13-11-8-6-7-9-12(11)21(19,20)16-13/h6-10H,4-5H2,1-3H3,(H,15,16). The molecule has 0 spiro atoms. The lowest BCUT2D eigenvalue weighted by atomic mass is 10.2. The molecule has 1 aromatic rings. The minimum atomic E-state index is -3.56. The number of hydrogen-bond donors (Lipinski definition) is 1. The van der Waals surface area contributed by atoms with Crippen LogP contribution in [-0.4, -0.2) is 44.2 Å². The van der Waals surface area contributed by atoms with Crippen molar-refractivity contribution in [2.24, 2.45) is 4.99 Å². The molecule has 1 unspecified atom stereocenters. The van der Waals surface area contributed by atoms with Crippen molar-refractivity contribution in [3.63, 3.8) is 0 Å². The first-order valence-electron chi connectivity index (χ1n) is 6.89. The summed E-state index contributed by atoms with van der Waals surface area (Å²) in [7, 11) is -3.56. The molecular formula is C14H19N3O3S. The van der Waals surface area contributed by atoms with Crippen LogP contribution >= 0.6 is 0 Å². The van der Waals surface area contributed by atoms with Gasteiger partial charge >= 0.3 is 0 Å². The number of amides is 1. The molecule has 1 N–H and O–H groups in total. The topological polar surface area (TPSA) is 78.8 Å². The molecule has 1 aliphatic heterocycles. The van der Waals surface area contributed by atoms with Gasteiger partial charge in [0.05, 0.1) is 4.90 Å². The number of carbonyl (C=O) groups excluding carboxylic acids is 1. The molecule has 1 heterocycles. The molecule has 0 saturated heterocycles. The van der Waals surface area contributed by atoms with E-state index in [-0.39, 0.29) is 16.6 Å². The molecule has 1 aromatic carbocycles. The molecule has 1 atom stereocenters. The van der Waals surface area contributed by atoms with Crippen molar-refractivity contribution in [2.75, 3.05) is 13.1 Å². The SMILES string of the molecule is CCN(CC)C(=O)C(C)N=C1NS(=O)(=O)c2ccccc21. The Morgan fingerprint density at radius 3 is 2.52 bits per heavy atom. The van der Waals surface area contributed by atoms with Crippen molar-refractivity contribution in [1.29, 1.82) is 0 Å². The summed E-state index contributed by atoms with van der Waals surface area (Å²) in [5.74, 6) is 0.120. The van der Waals surface area contributed by atoms with Gasteiger partial charge in [0, 0.05) is 18.7 Å². The van der Waals surface area contributed by atoms with Crippen LogP contribution in [0.15, 0.2) is 34.2 Å². The number of amidine groups is 1. The largest absolute Gasteiger partial charge is 0.341 e. The molecule has 0 aliphatic carbocycles. The molecule has 21 heavy (non-hydrogen) atoms. The molecule has 0 saturated carbocycles. The Morgan fingerprint density at radius 2 is 1.90 bits per heavy atom. The Morgan fingerprint density at radius 1 is 1.29 bits per heavy atom. The summed E-state index contributed by atoms with van der Waals surface area (Å²) in [6, 6.07) is 5.98. The minimum absolute atomic E-state index is 0.115. The van der Waals surface area contributed by atoms with E-state index in [1.807, 2.05) is 13.8 Å². The fraction of sp³-hybridized carbons (Fsp3) is 0.429. The molecular weight excluding hydrogens is 290 g/mol. The number of nitrogens with one attached hydrogen (secondary N) is 1. The summed E-state index contributed by atoms with van der Waals surface area (Å²) in [5.41, 5.74) is 0.511. The van der Waals surface area contributed by atoms with Crippen LogP contribution in [0.25, 0.3) is 0 Å². The van der Waals surface area contributed by atoms with Gasteiger partial charge < -0.3 is 4.90 Å². The second-order valence-electron chi connectivity index (χ2n) is 4.77. The summed E-state index contributed by atoms with van der Waals surface area (Å²) >= 11 is 0. The van der Waals surface area contributed by atoms with Crippen LogP contribution in [-0.2, 0) is 14.8 Å². The van der Waals surface area contributed by atoms with Gasteiger partial charge in [0.25, 0.3) is 10.0 Å². The van der Waals surface area contributed by atoms with Gasteiger partial charge in [-0.1, -0.05) is 12.1 Å². The average molecular weight is 309 g/mol. The lowest BCUT2D eigenvalue weighted by Crippen LogP contribution is -2.38. The number of hydrogen-bond acceptors (Lipinski definition) is 4. The first-order valence-corrected chi connectivity index (χ1v) is 8.37. The number of sulfonamides is 1. The zero-order valence-electron chi connectivity index (χ0n) is 12.3. The molecule has 114 valence electrons. The predicted molar refractivity (Wildman–Crippen MR) is 80.7 cm³/mol. The molecule has 2 rings (SSSR count). The van der Waals surface area contributed by atoms with Crippen LogP contribution in [0.2, 0.25) is 0 Å². The monoisotopic (exact) mass is 309 g/mol. The highest BCUT2D eigenvalue weighted by molar-refractivity contribution is 7.90. The zero-order valence-corrected chi connectivity index (χ0v) is 13.1. The molecule has 1 amide bonds. The maximum Gasteiger partial charge on any atom is 0.263 e. The van der Waals surface area contributed by atoms with Gasteiger partial charge in [0.1, 0.15) is 11.9 Å². The fourth-order valence-electron chi connectivity index (χ4n) is 2.28. The van der Waals surface area contributed by atoms with Crippen LogP contribution in [0, 0.1) is 0 Å². The third kappa shape index (κ3) is 2.92. The number of likely N-dealkylation sites (N-methyl/N-ethyl adjacent to an activating group) is 1. The van der Waals surface area contributed by atoms with Gasteiger partial charge in [-0.2, -0.15) is 0 Å². The van der Waals surface area contributed by atoms with Gasteiger partial charge in [0.2, 0.25) is 5.91 Å². The van der Waals surface area contributed by atoms with Crippen LogP contribution < -0.4 is 4.72 Å². The maximum absolute atomic E-state index is 12.2. The summed E-state index contributed by atoms with van der Waals surface area (Å²) in [4.78, 5) is 18.3. The molecule has 6 nitrogen and oxygen atoms in total. The van der Waals surface area contributed by atoms with E-state index in [4.69, 9.17) is 0 Å². The zero-order chi connectivity index (χ0) is 15.6. The molecule has 7 heteroatoms. The first-order chi connectivity index (χ1) is 9.90. The van der Waals surface area contributed by atoms with Crippen molar-refractivity contribution in [3.05, 3.63) is 29.8 Å². The van der Waals surface area contributed by atoms with Crippen molar-refractivity contribution in [1.82, 2.24) is 9.62 Å². The third-order valence-corrected chi connectivity index (χ3v) is 4.82. The molecule has 0 radical (unpaired) electrons. The van der Waals surface area contributed by atoms with E-state index in [1.165, 1.54) is 6.07 Å². The number of benzene rings is 1. The summed E-state index contributed by atoms with van der Waals surface area (Å²) in [6.45, 7) is 6.67. The van der Waals surface area contributed by atoms with E-state index in [0.29, 0.717) is 18.7 Å². The van der Waals surface area contributed by atoms with E-state index in [0.717, 1.165) is 0 Å². The van der Waals surface area contributed by atoms with E-state index in [2.05, 4.69) is 9.71 Å². The average Bonchev–Trinajstić information content (AvgIpc) is 2.72. The minimum Gasteiger partial charge on any atom is -0.341 e. The van der Waals surface area contributed by atoms with E-state index in [9.17, 15) is 13.2 Å². The fourth-order valence-corrected chi connectivity index (χ4v) is 3.52. The van der Waals surface area contributed by atoms with Crippen molar-refractivity contribution < 1.29 is 13.2 Å². The highest BCUT2D eigenvalue weighted by atomic mass is 32.2. The Hall–Kier alpha value is -1.89. The molecule has 0 aromatic heterocycles. The predicted octanol–water partition coefficient (Wildman–Crippen LogP) is 0.982. The normalized spacial score (nSPS) is 18.9. The third-order valence-electron chi connectivity index (χ3n) is 3.42. The second-order valence-corrected chi connectivity index (χ2v) is 6.42. The second kappa shape index (κ2) is 5.85. The number of fused-ring (bicyclic) bond motifs is 1. The van der Waals surface area contributed by atoms with Gasteiger partial charge in [-0.25, -0.2) is 8.42 Å². The van der Waals surface area contributed by atoms with Crippen molar-refractivity contribution in [2.45, 2.75) is 31.7 Å². The lowest BCUT2D eigenvalue weighted by molar-refractivity contribution is -0.131. The lowest BCUT2D eigenvalue weighted by Gasteiger charge is -2.21. The first kappa shape index (κ1) is 15.5. The van der Waals surface area contributed by atoms with Crippen molar-refractivity contribution >= 4 is 21.8 Å². The van der Waals surface area contributed by atoms with Crippen LogP contribution in [0.5, 0.6) is 0 Å². The van der Waals surface area contributed by atoms with Crippen LogP contribution in [0.1, 0.15) is 26.3 Å². The molecule has 0 fully saturated rings. The van der Waals surface area contributed by atoms with Gasteiger partial charge in [-0.05, 0) is 32.9 Å². The Kier molecular flexibility index (Phi) is 4.32. The molecule has 0 bridgehead atoms. The van der Waals surface area contributed by atoms with E-state index < -0.39 is 16.1 Å². The van der Waals surface area contributed by atoms with Gasteiger partial charge in [0.15, 0.2) is 0 Å². The van der Waals surface area contributed by atoms with Crippen LogP contribution in [0.4, 0.5) is 0 Å². The quantitative estimate of drug-likeness (QED) is 0.900.